The zero-order valence-electron chi connectivity index (χ0n) is 8.70. The molecule has 0 bridgehead atoms. The van der Waals surface area contributed by atoms with E-state index in [0.29, 0.717) is 10.4 Å². The Labute approximate surface area is 95.7 Å². The summed E-state index contributed by atoms with van der Waals surface area (Å²) in [6.45, 7) is 0.132. The standard InChI is InChI=1S/C8H12BrN3O3/c1-10-8(13)15-4-5-6(9)7(14-3)11-12(5)2/h4H2,1-3H3,(H,10,13). The van der Waals surface area contributed by atoms with Gasteiger partial charge in [0.25, 0.3) is 0 Å². The van der Waals surface area contributed by atoms with Crippen LogP contribution in [0, 0.1) is 0 Å². The number of hydrogen-bond acceptors (Lipinski definition) is 4. The summed E-state index contributed by atoms with van der Waals surface area (Å²) < 4.78 is 12.2. The van der Waals surface area contributed by atoms with E-state index in [2.05, 4.69) is 26.3 Å². The molecule has 0 spiro atoms. The Bertz CT molecular complexity index is 364. The van der Waals surface area contributed by atoms with E-state index in [1.165, 1.54) is 14.2 Å². The second kappa shape index (κ2) is 5.01. The number of carbonyl (C=O) groups excluding carboxylic acids is 1. The molecule has 84 valence electrons. The van der Waals surface area contributed by atoms with Crippen molar-refractivity contribution in [2.75, 3.05) is 14.2 Å². The highest BCUT2D eigenvalue weighted by Gasteiger charge is 2.15. The second-order valence-corrected chi connectivity index (χ2v) is 3.51. The number of ether oxygens (including phenoxy) is 2. The van der Waals surface area contributed by atoms with Crippen LogP contribution in [0.15, 0.2) is 4.47 Å². The van der Waals surface area contributed by atoms with Crippen LogP contribution in [0.4, 0.5) is 4.79 Å². The van der Waals surface area contributed by atoms with Gasteiger partial charge in [0.1, 0.15) is 11.1 Å². The first-order chi connectivity index (χ1) is 7.10. The van der Waals surface area contributed by atoms with Crippen LogP contribution in [0.25, 0.3) is 0 Å². The van der Waals surface area contributed by atoms with Crippen molar-refractivity contribution in [2.45, 2.75) is 6.61 Å². The maximum absolute atomic E-state index is 10.9. The van der Waals surface area contributed by atoms with E-state index < -0.39 is 6.09 Å². The fourth-order valence-electron chi connectivity index (χ4n) is 0.999. The van der Waals surface area contributed by atoms with Crippen molar-refractivity contribution in [3.05, 3.63) is 10.2 Å². The van der Waals surface area contributed by atoms with Gasteiger partial charge in [-0.1, -0.05) is 0 Å². The summed E-state index contributed by atoms with van der Waals surface area (Å²) in [5, 5.41) is 6.43. The molecule has 1 aromatic rings. The first-order valence-electron chi connectivity index (χ1n) is 4.20. The van der Waals surface area contributed by atoms with E-state index in [1.807, 2.05) is 0 Å². The lowest BCUT2D eigenvalue weighted by atomic mass is 10.4. The zero-order valence-corrected chi connectivity index (χ0v) is 10.3. The summed E-state index contributed by atoms with van der Waals surface area (Å²) in [5.74, 6) is 0.466. The van der Waals surface area contributed by atoms with E-state index >= 15 is 0 Å². The molecule has 0 atom stereocenters. The molecule has 0 radical (unpaired) electrons. The van der Waals surface area contributed by atoms with Crippen molar-refractivity contribution in [3.63, 3.8) is 0 Å². The van der Waals surface area contributed by atoms with Crippen LogP contribution in [0.2, 0.25) is 0 Å². The number of rotatable bonds is 3. The van der Waals surface area contributed by atoms with Crippen molar-refractivity contribution >= 4 is 22.0 Å². The Hall–Kier alpha value is -1.24. The third-order valence-electron chi connectivity index (χ3n) is 1.81. The predicted octanol–water partition coefficient (Wildman–Crippen LogP) is 1.05. The van der Waals surface area contributed by atoms with Crippen LogP contribution in [0.5, 0.6) is 5.88 Å². The van der Waals surface area contributed by atoms with E-state index in [-0.39, 0.29) is 6.61 Å². The SMILES string of the molecule is CNC(=O)OCc1c(Br)c(OC)nn1C. The van der Waals surface area contributed by atoms with Crippen LogP contribution < -0.4 is 10.1 Å². The quantitative estimate of drug-likeness (QED) is 0.897. The first kappa shape index (κ1) is 11.8. The van der Waals surface area contributed by atoms with Gasteiger partial charge in [-0.05, 0) is 15.9 Å². The molecule has 0 aliphatic rings. The van der Waals surface area contributed by atoms with E-state index in [4.69, 9.17) is 9.47 Å². The maximum Gasteiger partial charge on any atom is 0.407 e. The molecular weight excluding hydrogens is 266 g/mol. The molecule has 6 nitrogen and oxygen atoms in total. The van der Waals surface area contributed by atoms with Gasteiger partial charge in [-0.3, -0.25) is 4.68 Å². The third kappa shape index (κ3) is 2.62. The number of aromatic nitrogens is 2. The fourth-order valence-corrected chi connectivity index (χ4v) is 1.61. The summed E-state index contributed by atoms with van der Waals surface area (Å²) in [6, 6.07) is 0. The van der Waals surface area contributed by atoms with E-state index in [0.717, 1.165) is 5.69 Å². The highest BCUT2D eigenvalue weighted by molar-refractivity contribution is 9.10. The predicted molar refractivity (Wildman–Crippen MR) is 56.7 cm³/mol. The van der Waals surface area contributed by atoms with Crippen LogP contribution in [0.1, 0.15) is 5.69 Å². The number of methoxy groups -OCH3 is 1. The molecule has 0 saturated heterocycles. The fraction of sp³-hybridized carbons (Fsp3) is 0.500. The van der Waals surface area contributed by atoms with Gasteiger partial charge in [-0.15, -0.1) is 5.10 Å². The number of amides is 1. The minimum atomic E-state index is -0.484. The highest BCUT2D eigenvalue weighted by atomic mass is 79.9. The van der Waals surface area contributed by atoms with Gasteiger partial charge in [0, 0.05) is 14.1 Å². The lowest BCUT2D eigenvalue weighted by Gasteiger charge is -2.04. The molecule has 1 N–H and O–H groups in total. The van der Waals surface area contributed by atoms with Crippen molar-refractivity contribution in [1.82, 2.24) is 15.1 Å². The maximum atomic E-state index is 10.9. The molecule has 1 rings (SSSR count). The molecule has 0 fully saturated rings. The largest absolute Gasteiger partial charge is 0.479 e. The number of nitrogens with zero attached hydrogens (tertiary/aromatic N) is 2. The van der Waals surface area contributed by atoms with Gasteiger partial charge >= 0.3 is 6.09 Å². The van der Waals surface area contributed by atoms with Crippen LogP contribution in [-0.4, -0.2) is 30.0 Å². The molecule has 0 aromatic carbocycles. The summed E-state index contributed by atoms with van der Waals surface area (Å²) in [7, 11) is 4.77. The summed E-state index contributed by atoms with van der Waals surface area (Å²) in [5.41, 5.74) is 0.732. The molecule has 15 heavy (non-hydrogen) atoms. The highest BCUT2D eigenvalue weighted by Crippen LogP contribution is 2.27. The van der Waals surface area contributed by atoms with Crippen LogP contribution in [-0.2, 0) is 18.4 Å². The second-order valence-electron chi connectivity index (χ2n) is 2.72. The molecule has 1 heterocycles. The lowest BCUT2D eigenvalue weighted by Crippen LogP contribution is -2.19. The van der Waals surface area contributed by atoms with Crippen LogP contribution in [0.3, 0.4) is 0 Å². The number of nitrogens with one attached hydrogen (secondary N) is 1. The zero-order chi connectivity index (χ0) is 11.4. The molecule has 0 aliphatic carbocycles. The molecule has 0 unspecified atom stereocenters. The Balaban J connectivity index is 2.76. The first-order valence-corrected chi connectivity index (χ1v) is 4.99. The smallest absolute Gasteiger partial charge is 0.407 e. The number of carbonyl (C=O) groups is 1. The molecule has 7 heteroatoms. The summed E-state index contributed by atoms with van der Waals surface area (Å²) >= 11 is 3.31. The van der Waals surface area contributed by atoms with Crippen LogP contribution >= 0.6 is 15.9 Å². The van der Waals surface area contributed by atoms with E-state index in [1.54, 1.807) is 11.7 Å². The number of aryl methyl sites for hydroxylation is 1. The summed E-state index contributed by atoms with van der Waals surface area (Å²) in [4.78, 5) is 10.9. The van der Waals surface area contributed by atoms with E-state index in [9.17, 15) is 4.79 Å². The average Bonchev–Trinajstić information content (AvgIpc) is 2.51. The summed E-state index contributed by atoms with van der Waals surface area (Å²) in [6.07, 6.45) is -0.484. The Morgan fingerprint density at radius 3 is 2.80 bits per heavy atom. The topological polar surface area (TPSA) is 65.4 Å². The van der Waals surface area contributed by atoms with Gasteiger partial charge in [-0.25, -0.2) is 4.79 Å². The molecule has 0 aliphatic heterocycles. The van der Waals surface area contributed by atoms with Gasteiger partial charge < -0.3 is 14.8 Å². The van der Waals surface area contributed by atoms with Gasteiger partial charge in [0.15, 0.2) is 0 Å². The normalized spacial score (nSPS) is 9.87. The molecule has 1 amide bonds. The molecule has 1 aromatic heterocycles. The number of hydrogen-bond donors (Lipinski definition) is 1. The van der Waals surface area contributed by atoms with Gasteiger partial charge in [0.2, 0.25) is 5.88 Å². The van der Waals surface area contributed by atoms with Crippen molar-refractivity contribution in [1.29, 1.82) is 0 Å². The molecule has 0 saturated carbocycles. The van der Waals surface area contributed by atoms with Crippen molar-refractivity contribution < 1.29 is 14.3 Å². The average molecular weight is 278 g/mol. The third-order valence-corrected chi connectivity index (χ3v) is 2.61. The lowest BCUT2D eigenvalue weighted by molar-refractivity contribution is 0.139. The van der Waals surface area contributed by atoms with Crippen molar-refractivity contribution in [2.24, 2.45) is 7.05 Å². The van der Waals surface area contributed by atoms with Crippen molar-refractivity contribution in [3.8, 4) is 5.88 Å². The molecular formula is C8H12BrN3O3. The minimum absolute atomic E-state index is 0.132. The Morgan fingerprint density at radius 2 is 2.33 bits per heavy atom. The Morgan fingerprint density at radius 1 is 1.67 bits per heavy atom. The van der Waals surface area contributed by atoms with Gasteiger partial charge in [-0.2, -0.15) is 0 Å². The number of alkyl carbamates (subject to hydrolysis) is 1. The van der Waals surface area contributed by atoms with Gasteiger partial charge in [0.05, 0.1) is 12.8 Å². The Kier molecular flexibility index (Phi) is 3.96. The monoisotopic (exact) mass is 277 g/mol. The number of halogens is 1. The minimum Gasteiger partial charge on any atom is -0.479 e.